The van der Waals surface area contributed by atoms with Gasteiger partial charge in [-0.05, 0) is 6.04 Å². The molecule has 0 fully saturated rings. The largest absolute Gasteiger partial charge is 0.444 e. The van der Waals surface area contributed by atoms with Crippen molar-refractivity contribution in [2.75, 3.05) is 12.0 Å². The van der Waals surface area contributed by atoms with Crippen LogP contribution in [0.5, 0.6) is 0 Å². The van der Waals surface area contributed by atoms with Crippen LogP contribution in [0.3, 0.4) is 0 Å². The minimum atomic E-state index is -3.45. The van der Waals surface area contributed by atoms with Crippen molar-refractivity contribution in [1.82, 2.24) is 0 Å². The molecule has 0 spiro atoms. The van der Waals surface area contributed by atoms with E-state index in [1.54, 1.807) is 0 Å². The minimum Gasteiger partial charge on any atom is -0.444 e. The molecule has 0 amide bonds. The highest BCUT2D eigenvalue weighted by atomic mass is 32.3. The zero-order chi connectivity index (χ0) is 10.7. The van der Waals surface area contributed by atoms with Crippen molar-refractivity contribution in [3.8, 4) is 0 Å². The fraction of sp³-hybridized carbons (Fsp3) is 1.00. The van der Waals surface area contributed by atoms with Crippen LogP contribution in [0.4, 0.5) is 0 Å². The topological polar surface area (TPSA) is 63.6 Å². The molecule has 0 radical (unpaired) electrons. The van der Waals surface area contributed by atoms with E-state index in [0.29, 0.717) is 6.04 Å². The third kappa shape index (κ3) is 8.45. The summed E-state index contributed by atoms with van der Waals surface area (Å²) in [6.07, 6.45) is 1.26. The Morgan fingerprint density at radius 3 is 2.08 bits per heavy atom. The second-order valence-electron chi connectivity index (χ2n) is 4.10. The lowest BCUT2D eigenvalue weighted by Crippen LogP contribution is -2.23. The number of nitrogens with zero attached hydrogens (tertiary/aromatic N) is 1. The number of rotatable bonds is 4. The Bertz CT molecular complexity index is 335. The van der Waals surface area contributed by atoms with Gasteiger partial charge in [0.15, 0.2) is 0 Å². The average molecular weight is 242 g/mol. The molecule has 0 aromatic rings. The van der Waals surface area contributed by atoms with Crippen LogP contribution in [-0.2, 0) is 24.8 Å². The molecule has 0 aromatic carbocycles. The highest BCUT2D eigenvalue weighted by Crippen LogP contribution is 2.10. The van der Waals surface area contributed by atoms with Gasteiger partial charge in [-0.25, -0.2) is 8.42 Å². The van der Waals surface area contributed by atoms with Crippen LogP contribution in [0.15, 0.2) is 3.77 Å². The monoisotopic (exact) mass is 242 g/mol. The lowest BCUT2D eigenvalue weighted by atomic mass is 11.0. The van der Waals surface area contributed by atoms with E-state index >= 15 is 0 Å². The molecule has 0 atom stereocenters. The van der Waals surface area contributed by atoms with E-state index in [1.165, 1.54) is 6.26 Å². The summed E-state index contributed by atoms with van der Waals surface area (Å²) in [5.41, 5.74) is 0. The molecule has 7 heteroatoms. The molecule has 0 N–H and O–H groups in total. The second kappa shape index (κ2) is 4.56. The van der Waals surface area contributed by atoms with Gasteiger partial charge in [-0.2, -0.15) is 10.6 Å². The Morgan fingerprint density at radius 2 is 1.77 bits per heavy atom. The second-order valence-corrected chi connectivity index (χ2v) is 12.7. The third-order valence-electron chi connectivity index (χ3n) is 1.33. The molecular formula is C6H16NO3S2Si-. The summed E-state index contributed by atoms with van der Waals surface area (Å²) >= 11 is 0. The lowest BCUT2D eigenvalue weighted by Gasteiger charge is -2.14. The SMILES string of the molecule is C[S-](=O)=NS(=O)(=O)CC[Si](C)(C)C. The van der Waals surface area contributed by atoms with Crippen molar-refractivity contribution in [2.45, 2.75) is 25.7 Å². The van der Waals surface area contributed by atoms with E-state index in [9.17, 15) is 12.6 Å². The van der Waals surface area contributed by atoms with E-state index in [1.807, 2.05) is 0 Å². The van der Waals surface area contributed by atoms with Crippen molar-refractivity contribution in [2.24, 2.45) is 3.77 Å². The Kier molecular flexibility index (Phi) is 4.60. The molecule has 0 aromatic heterocycles. The van der Waals surface area contributed by atoms with Crippen LogP contribution in [0.2, 0.25) is 25.7 Å². The van der Waals surface area contributed by atoms with Gasteiger partial charge in [-0.1, -0.05) is 19.6 Å². The zero-order valence-corrected chi connectivity index (χ0v) is 11.0. The first-order chi connectivity index (χ1) is 5.62. The fourth-order valence-electron chi connectivity index (χ4n) is 0.632. The molecular weight excluding hydrogens is 226 g/mol. The van der Waals surface area contributed by atoms with Crippen LogP contribution in [0, 0.1) is 0 Å². The molecule has 0 saturated carbocycles. The third-order valence-corrected chi connectivity index (χ3v) is 5.91. The maximum absolute atomic E-state index is 11.2. The molecule has 0 rings (SSSR count). The van der Waals surface area contributed by atoms with Crippen LogP contribution >= 0.6 is 0 Å². The standard InChI is InChI=1S/C6H16NO3S2Si/c1-11(8)7-12(9,10)5-6-13(2,3)4/h5-6H2,1-4H3/q-1. The first-order valence-electron chi connectivity index (χ1n) is 3.92. The van der Waals surface area contributed by atoms with Crippen LogP contribution in [-0.4, -0.2) is 28.5 Å². The lowest BCUT2D eigenvalue weighted by molar-refractivity contribution is 0.595. The first-order valence-corrected chi connectivity index (χ1v) is 10.7. The van der Waals surface area contributed by atoms with Gasteiger partial charge in [0.25, 0.3) is 0 Å². The van der Waals surface area contributed by atoms with E-state index in [0.717, 1.165) is 0 Å². The smallest absolute Gasteiger partial charge is 0.231 e. The maximum atomic E-state index is 11.2. The number of sulfonamides is 1. The molecule has 0 aliphatic heterocycles. The van der Waals surface area contributed by atoms with Crippen molar-refractivity contribution in [1.29, 1.82) is 0 Å². The average Bonchev–Trinajstić information content (AvgIpc) is 1.79. The summed E-state index contributed by atoms with van der Waals surface area (Å²) in [7, 11) is -6.42. The molecule has 0 bridgehead atoms. The van der Waals surface area contributed by atoms with Gasteiger partial charge < -0.3 is 4.21 Å². The predicted molar refractivity (Wildman–Crippen MR) is 58.3 cm³/mol. The van der Waals surface area contributed by atoms with Crippen LogP contribution in [0.1, 0.15) is 0 Å². The Labute approximate surface area is 83.0 Å². The van der Waals surface area contributed by atoms with Crippen molar-refractivity contribution < 1.29 is 12.6 Å². The normalized spacial score (nSPS) is 16.0. The summed E-state index contributed by atoms with van der Waals surface area (Å²) < 4.78 is 36.0. The van der Waals surface area contributed by atoms with Crippen LogP contribution < -0.4 is 0 Å². The molecule has 4 nitrogen and oxygen atoms in total. The van der Waals surface area contributed by atoms with Gasteiger partial charge in [0.05, 0.1) is 5.75 Å². The first kappa shape index (κ1) is 13.1. The summed E-state index contributed by atoms with van der Waals surface area (Å²) in [6, 6.07) is 0.663. The Balaban J connectivity index is 4.40. The van der Waals surface area contributed by atoms with Gasteiger partial charge in [0.1, 0.15) is 0 Å². The molecule has 0 unspecified atom stereocenters. The molecule has 0 aliphatic carbocycles. The predicted octanol–water partition coefficient (Wildman–Crippen LogP) is 1.43. The summed E-state index contributed by atoms with van der Waals surface area (Å²) in [4.78, 5) is 0. The summed E-state index contributed by atoms with van der Waals surface area (Å²) in [5, 5.41) is 0. The molecule has 0 heterocycles. The summed E-state index contributed by atoms with van der Waals surface area (Å²) in [5.74, 6) is 0.0301. The van der Waals surface area contributed by atoms with Crippen molar-refractivity contribution in [3.63, 3.8) is 0 Å². The van der Waals surface area contributed by atoms with E-state index in [-0.39, 0.29) is 5.75 Å². The zero-order valence-electron chi connectivity index (χ0n) is 8.40. The van der Waals surface area contributed by atoms with Gasteiger partial charge in [0, 0.05) is 8.07 Å². The summed E-state index contributed by atoms with van der Waals surface area (Å²) in [6.45, 7) is 6.27. The molecule has 80 valence electrons. The molecule has 13 heavy (non-hydrogen) atoms. The Morgan fingerprint density at radius 1 is 1.31 bits per heavy atom. The van der Waals surface area contributed by atoms with E-state index in [2.05, 4.69) is 23.4 Å². The van der Waals surface area contributed by atoms with Crippen LogP contribution in [0.25, 0.3) is 0 Å². The highest BCUT2D eigenvalue weighted by molar-refractivity contribution is 7.96. The quantitative estimate of drug-likeness (QED) is 0.553. The Hall–Kier alpha value is 0.117. The number of hydrogen-bond acceptors (Lipinski definition) is 4. The minimum absolute atomic E-state index is 0.0301. The van der Waals surface area contributed by atoms with Gasteiger partial charge in [-0.15, -0.1) is 6.26 Å². The van der Waals surface area contributed by atoms with E-state index < -0.39 is 28.7 Å². The maximum Gasteiger partial charge on any atom is 0.231 e. The molecule has 0 saturated heterocycles. The van der Waals surface area contributed by atoms with Crippen molar-refractivity contribution in [3.05, 3.63) is 0 Å². The highest BCUT2D eigenvalue weighted by Gasteiger charge is 2.16. The van der Waals surface area contributed by atoms with Gasteiger partial charge >= 0.3 is 0 Å². The number of hydrogen-bond donors (Lipinski definition) is 0. The van der Waals surface area contributed by atoms with E-state index in [4.69, 9.17) is 0 Å². The fourth-order valence-corrected chi connectivity index (χ4v) is 5.69. The van der Waals surface area contributed by atoms with Gasteiger partial charge in [-0.3, -0.25) is 3.77 Å². The van der Waals surface area contributed by atoms with Gasteiger partial charge in [0.2, 0.25) is 10.0 Å². The molecule has 0 aliphatic rings. The van der Waals surface area contributed by atoms with Crippen molar-refractivity contribution >= 4 is 28.7 Å².